The average molecular weight is 368 g/mol. The summed E-state index contributed by atoms with van der Waals surface area (Å²) in [4.78, 5) is 16.5. The Morgan fingerprint density at radius 3 is 2.41 bits per heavy atom. The van der Waals surface area contributed by atoms with Gasteiger partial charge in [0.15, 0.2) is 18.1 Å². The van der Waals surface area contributed by atoms with Gasteiger partial charge in [0.25, 0.3) is 5.91 Å². The summed E-state index contributed by atoms with van der Waals surface area (Å²) in [7, 11) is 4.55. The van der Waals surface area contributed by atoms with Crippen LogP contribution in [0.2, 0.25) is 0 Å². The number of nitrogens with zero attached hydrogens (tertiary/aromatic N) is 1. The molecule has 0 fully saturated rings. The fraction of sp³-hybridized carbons (Fsp3) is 0.200. The van der Waals surface area contributed by atoms with Gasteiger partial charge in [-0.05, 0) is 24.3 Å². The molecule has 2 aromatic carbocycles. The second kappa shape index (κ2) is 8.27. The first-order chi connectivity index (χ1) is 13.1. The molecule has 0 unspecified atom stereocenters. The Morgan fingerprint density at radius 1 is 1.00 bits per heavy atom. The predicted molar refractivity (Wildman–Crippen MR) is 102 cm³/mol. The average Bonchev–Trinajstić information content (AvgIpc) is 2.71. The molecule has 3 rings (SSSR count). The first-order valence-electron chi connectivity index (χ1n) is 8.22. The molecule has 0 saturated carbocycles. The van der Waals surface area contributed by atoms with Crippen molar-refractivity contribution in [1.82, 2.24) is 4.98 Å². The molecular formula is C20H20N2O5. The number of ether oxygens (including phenoxy) is 4. The Labute approximate surface area is 156 Å². The topological polar surface area (TPSA) is 78.9 Å². The normalized spacial score (nSPS) is 10.3. The first kappa shape index (κ1) is 18.3. The van der Waals surface area contributed by atoms with Crippen LogP contribution in [-0.4, -0.2) is 38.8 Å². The summed E-state index contributed by atoms with van der Waals surface area (Å²) in [5, 5.41) is 3.70. The predicted octanol–water partition coefficient (Wildman–Crippen LogP) is 3.28. The van der Waals surface area contributed by atoms with Crippen molar-refractivity contribution < 1.29 is 23.7 Å². The van der Waals surface area contributed by atoms with E-state index in [-0.39, 0.29) is 12.5 Å². The maximum atomic E-state index is 12.2. The van der Waals surface area contributed by atoms with Gasteiger partial charge in [-0.1, -0.05) is 6.07 Å². The van der Waals surface area contributed by atoms with Crippen LogP contribution in [-0.2, 0) is 4.79 Å². The molecule has 0 spiro atoms. The number of hydrogen-bond donors (Lipinski definition) is 1. The fourth-order valence-electron chi connectivity index (χ4n) is 2.64. The summed E-state index contributed by atoms with van der Waals surface area (Å²) in [6.45, 7) is -0.136. The number of benzene rings is 2. The van der Waals surface area contributed by atoms with Crippen molar-refractivity contribution in [3.8, 4) is 23.0 Å². The van der Waals surface area contributed by atoms with Gasteiger partial charge in [-0.3, -0.25) is 9.78 Å². The smallest absolute Gasteiger partial charge is 0.262 e. The van der Waals surface area contributed by atoms with Crippen molar-refractivity contribution >= 4 is 22.5 Å². The van der Waals surface area contributed by atoms with E-state index >= 15 is 0 Å². The molecule has 0 aliphatic carbocycles. The van der Waals surface area contributed by atoms with Gasteiger partial charge in [0.1, 0.15) is 5.75 Å². The summed E-state index contributed by atoms with van der Waals surface area (Å²) in [5.41, 5.74) is 1.38. The zero-order chi connectivity index (χ0) is 19.2. The third-order valence-electron chi connectivity index (χ3n) is 3.89. The van der Waals surface area contributed by atoms with Crippen molar-refractivity contribution in [3.63, 3.8) is 0 Å². The number of carbonyl (C=O) groups is 1. The molecular weight excluding hydrogens is 348 g/mol. The molecule has 7 heteroatoms. The number of aromatic nitrogens is 1. The maximum absolute atomic E-state index is 12.2. The lowest BCUT2D eigenvalue weighted by Crippen LogP contribution is -2.20. The standard InChI is InChI=1S/C20H20N2O5/c1-24-17-10-14(11-18(25-2)20(17)26-3)22-19(23)12-27-15-6-7-16-13(9-15)5-4-8-21-16/h4-11H,12H2,1-3H3,(H,22,23). The van der Waals surface area contributed by atoms with E-state index in [0.717, 1.165) is 10.9 Å². The largest absolute Gasteiger partial charge is 0.493 e. The highest BCUT2D eigenvalue weighted by Gasteiger charge is 2.14. The van der Waals surface area contributed by atoms with E-state index in [1.54, 1.807) is 24.4 Å². The molecule has 0 radical (unpaired) electrons. The van der Waals surface area contributed by atoms with E-state index in [1.807, 2.05) is 24.3 Å². The maximum Gasteiger partial charge on any atom is 0.262 e. The zero-order valence-electron chi connectivity index (χ0n) is 15.3. The number of fused-ring (bicyclic) bond motifs is 1. The van der Waals surface area contributed by atoms with Crippen LogP contribution >= 0.6 is 0 Å². The van der Waals surface area contributed by atoms with Gasteiger partial charge in [-0.2, -0.15) is 0 Å². The van der Waals surface area contributed by atoms with Gasteiger partial charge in [0.2, 0.25) is 5.75 Å². The van der Waals surface area contributed by atoms with Crippen LogP contribution in [0.1, 0.15) is 0 Å². The van der Waals surface area contributed by atoms with Crippen LogP contribution in [0.5, 0.6) is 23.0 Å². The third-order valence-corrected chi connectivity index (χ3v) is 3.89. The summed E-state index contributed by atoms with van der Waals surface area (Å²) in [6.07, 6.45) is 1.73. The quantitative estimate of drug-likeness (QED) is 0.689. The van der Waals surface area contributed by atoms with E-state index in [0.29, 0.717) is 28.7 Å². The molecule has 7 nitrogen and oxygen atoms in total. The Kier molecular flexibility index (Phi) is 5.61. The molecule has 0 saturated heterocycles. The highest BCUT2D eigenvalue weighted by Crippen LogP contribution is 2.39. The lowest BCUT2D eigenvalue weighted by atomic mass is 10.2. The second-order valence-electron chi connectivity index (χ2n) is 5.61. The van der Waals surface area contributed by atoms with Gasteiger partial charge in [-0.15, -0.1) is 0 Å². The van der Waals surface area contributed by atoms with Crippen LogP contribution in [0, 0.1) is 0 Å². The van der Waals surface area contributed by atoms with Crippen molar-refractivity contribution in [2.24, 2.45) is 0 Å². The van der Waals surface area contributed by atoms with E-state index in [2.05, 4.69) is 10.3 Å². The van der Waals surface area contributed by atoms with Gasteiger partial charge < -0.3 is 24.3 Å². The first-order valence-corrected chi connectivity index (χ1v) is 8.22. The second-order valence-corrected chi connectivity index (χ2v) is 5.61. The lowest BCUT2D eigenvalue weighted by Gasteiger charge is -2.14. The van der Waals surface area contributed by atoms with Crippen LogP contribution in [0.25, 0.3) is 10.9 Å². The summed E-state index contributed by atoms with van der Waals surface area (Å²) < 4.78 is 21.4. The number of anilines is 1. The van der Waals surface area contributed by atoms with Crippen LogP contribution in [0.3, 0.4) is 0 Å². The van der Waals surface area contributed by atoms with Gasteiger partial charge >= 0.3 is 0 Å². The fourth-order valence-corrected chi connectivity index (χ4v) is 2.64. The number of pyridine rings is 1. The molecule has 140 valence electrons. The molecule has 1 aromatic heterocycles. The van der Waals surface area contributed by atoms with Crippen molar-refractivity contribution in [2.45, 2.75) is 0 Å². The lowest BCUT2D eigenvalue weighted by molar-refractivity contribution is -0.118. The molecule has 0 aliphatic rings. The Morgan fingerprint density at radius 2 is 1.74 bits per heavy atom. The van der Waals surface area contributed by atoms with Crippen molar-refractivity contribution in [2.75, 3.05) is 33.3 Å². The van der Waals surface area contributed by atoms with Crippen molar-refractivity contribution in [3.05, 3.63) is 48.7 Å². The Bertz CT molecular complexity index is 933. The number of rotatable bonds is 7. The van der Waals surface area contributed by atoms with Crippen molar-refractivity contribution in [1.29, 1.82) is 0 Å². The van der Waals surface area contributed by atoms with E-state index in [4.69, 9.17) is 18.9 Å². The summed E-state index contributed by atoms with van der Waals surface area (Å²) >= 11 is 0. The molecule has 1 heterocycles. The Hall–Kier alpha value is -3.48. The molecule has 27 heavy (non-hydrogen) atoms. The van der Waals surface area contributed by atoms with E-state index in [9.17, 15) is 4.79 Å². The third kappa shape index (κ3) is 4.20. The van der Waals surface area contributed by atoms with Gasteiger partial charge in [0.05, 0.1) is 26.8 Å². The highest BCUT2D eigenvalue weighted by atomic mass is 16.5. The number of carbonyl (C=O) groups excluding carboxylic acids is 1. The van der Waals surface area contributed by atoms with E-state index in [1.165, 1.54) is 21.3 Å². The molecule has 0 bridgehead atoms. The molecule has 1 amide bonds. The minimum absolute atomic E-state index is 0.136. The SMILES string of the molecule is COc1cc(NC(=O)COc2ccc3ncccc3c2)cc(OC)c1OC. The molecule has 0 aliphatic heterocycles. The summed E-state index contributed by atoms with van der Waals surface area (Å²) in [5.74, 6) is 1.65. The number of nitrogens with one attached hydrogen (secondary N) is 1. The number of amides is 1. The van der Waals surface area contributed by atoms with Gasteiger partial charge in [0, 0.05) is 29.4 Å². The molecule has 1 N–H and O–H groups in total. The monoisotopic (exact) mass is 368 g/mol. The number of methoxy groups -OCH3 is 3. The van der Waals surface area contributed by atoms with E-state index < -0.39 is 0 Å². The number of hydrogen-bond acceptors (Lipinski definition) is 6. The minimum atomic E-state index is -0.310. The highest BCUT2D eigenvalue weighted by molar-refractivity contribution is 5.92. The van der Waals surface area contributed by atoms with Crippen LogP contribution in [0.4, 0.5) is 5.69 Å². The van der Waals surface area contributed by atoms with Crippen LogP contribution < -0.4 is 24.3 Å². The molecule has 3 aromatic rings. The minimum Gasteiger partial charge on any atom is -0.493 e. The summed E-state index contributed by atoms with van der Waals surface area (Å²) in [6, 6.07) is 12.6. The zero-order valence-corrected chi connectivity index (χ0v) is 15.3. The van der Waals surface area contributed by atoms with Crippen LogP contribution in [0.15, 0.2) is 48.7 Å². The molecule has 0 atom stereocenters. The van der Waals surface area contributed by atoms with Gasteiger partial charge in [-0.25, -0.2) is 0 Å². The Balaban J connectivity index is 1.68.